The lowest BCUT2D eigenvalue weighted by molar-refractivity contribution is 0.0947. The van der Waals surface area contributed by atoms with Crippen LogP contribution in [0.2, 0.25) is 0 Å². The van der Waals surface area contributed by atoms with E-state index in [4.69, 9.17) is 5.73 Å². The van der Waals surface area contributed by atoms with Crippen LogP contribution in [0.3, 0.4) is 0 Å². The third kappa shape index (κ3) is 4.46. The molecule has 1 atom stereocenters. The van der Waals surface area contributed by atoms with Crippen molar-refractivity contribution in [1.29, 1.82) is 0 Å². The summed E-state index contributed by atoms with van der Waals surface area (Å²) in [5.41, 5.74) is 6.25. The molecule has 0 aromatic heterocycles. The van der Waals surface area contributed by atoms with Gasteiger partial charge in [0.2, 0.25) is 0 Å². The summed E-state index contributed by atoms with van der Waals surface area (Å²) in [6.07, 6.45) is 2.47. The second-order valence-corrected chi connectivity index (χ2v) is 8.45. The molecule has 0 saturated carbocycles. The lowest BCUT2D eigenvalue weighted by Crippen LogP contribution is -2.53. The second-order valence-electron chi connectivity index (χ2n) is 6.64. The van der Waals surface area contributed by atoms with Gasteiger partial charge < -0.3 is 5.73 Å². The van der Waals surface area contributed by atoms with Gasteiger partial charge in [-0.15, -0.1) is 0 Å². The molecule has 0 aromatic rings. The average Bonchev–Trinajstić information content (AvgIpc) is 2.38. The molecule has 0 bridgehead atoms. The largest absolute Gasteiger partial charge is 0.329 e. The zero-order valence-corrected chi connectivity index (χ0v) is 13.1. The third-order valence-electron chi connectivity index (χ3n) is 3.89. The molecule has 2 N–H and O–H groups in total. The first-order valence-electron chi connectivity index (χ1n) is 6.88. The van der Waals surface area contributed by atoms with Crippen molar-refractivity contribution in [2.75, 3.05) is 25.4 Å². The van der Waals surface area contributed by atoms with Crippen molar-refractivity contribution in [1.82, 2.24) is 4.90 Å². The Bertz CT molecular complexity index is 240. The maximum Gasteiger partial charge on any atom is 0.0306 e. The molecule has 1 unspecified atom stereocenters. The van der Waals surface area contributed by atoms with Crippen molar-refractivity contribution in [3.63, 3.8) is 0 Å². The summed E-state index contributed by atoms with van der Waals surface area (Å²) in [6.45, 7) is 14.8. The van der Waals surface area contributed by atoms with E-state index in [0.717, 1.165) is 6.54 Å². The van der Waals surface area contributed by atoms with Crippen molar-refractivity contribution in [3.05, 3.63) is 0 Å². The molecule has 0 spiro atoms. The van der Waals surface area contributed by atoms with Crippen LogP contribution < -0.4 is 5.73 Å². The monoisotopic (exact) mass is 258 g/mol. The summed E-state index contributed by atoms with van der Waals surface area (Å²) < 4.78 is 0.433. The first-order chi connectivity index (χ1) is 7.79. The molecule has 17 heavy (non-hydrogen) atoms. The molecule has 0 radical (unpaired) electrons. The Kier molecular flexibility index (Phi) is 5.36. The van der Waals surface area contributed by atoms with Crippen LogP contribution in [0.15, 0.2) is 0 Å². The minimum Gasteiger partial charge on any atom is -0.329 e. The standard InChI is InChI=1S/C14H30N2S/c1-12(2)10-14(5,11-15)16-7-6-13(3,4)17-9-8-16/h12H,6-11,15H2,1-5H3. The highest BCUT2D eigenvalue weighted by Crippen LogP contribution is 2.34. The smallest absolute Gasteiger partial charge is 0.0306 e. The second kappa shape index (κ2) is 5.94. The minimum atomic E-state index is 0.190. The summed E-state index contributed by atoms with van der Waals surface area (Å²) in [5, 5.41) is 0. The Hall–Kier alpha value is 0.270. The third-order valence-corrected chi connectivity index (χ3v) is 5.26. The van der Waals surface area contributed by atoms with Gasteiger partial charge in [0, 0.05) is 35.7 Å². The van der Waals surface area contributed by atoms with Gasteiger partial charge in [-0.1, -0.05) is 27.7 Å². The highest BCUT2D eigenvalue weighted by Gasteiger charge is 2.34. The molecule has 2 nitrogen and oxygen atoms in total. The lowest BCUT2D eigenvalue weighted by atomic mass is 9.88. The summed E-state index contributed by atoms with van der Waals surface area (Å²) in [5.74, 6) is 1.95. The number of rotatable bonds is 4. The topological polar surface area (TPSA) is 29.3 Å². The van der Waals surface area contributed by atoms with Crippen molar-refractivity contribution >= 4 is 11.8 Å². The van der Waals surface area contributed by atoms with E-state index in [1.165, 1.54) is 31.7 Å². The molecule has 102 valence electrons. The van der Waals surface area contributed by atoms with Gasteiger partial charge in [0.25, 0.3) is 0 Å². The fraction of sp³-hybridized carbons (Fsp3) is 1.00. The van der Waals surface area contributed by atoms with Gasteiger partial charge in [-0.05, 0) is 25.7 Å². The van der Waals surface area contributed by atoms with Crippen LogP contribution >= 0.6 is 11.8 Å². The van der Waals surface area contributed by atoms with Crippen molar-refractivity contribution < 1.29 is 0 Å². The summed E-state index contributed by atoms with van der Waals surface area (Å²) >= 11 is 2.11. The number of thioether (sulfide) groups is 1. The van der Waals surface area contributed by atoms with E-state index in [1.54, 1.807) is 0 Å². The number of nitrogens with two attached hydrogens (primary N) is 1. The van der Waals surface area contributed by atoms with Crippen LogP contribution in [-0.2, 0) is 0 Å². The molecule has 1 aliphatic rings. The van der Waals surface area contributed by atoms with E-state index in [-0.39, 0.29) is 5.54 Å². The van der Waals surface area contributed by atoms with Gasteiger partial charge in [-0.25, -0.2) is 0 Å². The van der Waals surface area contributed by atoms with Crippen LogP contribution in [0.4, 0.5) is 0 Å². The quantitative estimate of drug-likeness (QED) is 0.840. The normalized spacial score (nSPS) is 25.6. The van der Waals surface area contributed by atoms with Crippen LogP contribution in [0.1, 0.15) is 47.5 Å². The zero-order chi connectivity index (χ0) is 13.1. The highest BCUT2D eigenvalue weighted by atomic mass is 32.2. The Morgan fingerprint density at radius 2 is 2.00 bits per heavy atom. The minimum absolute atomic E-state index is 0.190. The molecule has 1 aliphatic heterocycles. The molecule has 0 amide bonds. The molecular formula is C14H30N2S. The van der Waals surface area contributed by atoms with Crippen LogP contribution in [0.5, 0.6) is 0 Å². The molecule has 1 fully saturated rings. The lowest BCUT2D eigenvalue weighted by Gasteiger charge is -2.41. The maximum absolute atomic E-state index is 6.06. The van der Waals surface area contributed by atoms with E-state index in [9.17, 15) is 0 Å². The van der Waals surface area contributed by atoms with Gasteiger partial charge in [0.15, 0.2) is 0 Å². The fourth-order valence-corrected chi connectivity index (χ4v) is 3.88. The average molecular weight is 258 g/mol. The molecular weight excluding hydrogens is 228 g/mol. The van der Waals surface area contributed by atoms with E-state index in [0.29, 0.717) is 10.7 Å². The van der Waals surface area contributed by atoms with Gasteiger partial charge >= 0.3 is 0 Å². The van der Waals surface area contributed by atoms with E-state index in [2.05, 4.69) is 51.3 Å². The maximum atomic E-state index is 6.06. The summed E-state index contributed by atoms with van der Waals surface area (Å²) in [7, 11) is 0. The SMILES string of the molecule is CC(C)CC(C)(CN)N1CCSC(C)(C)CC1. The molecule has 1 saturated heterocycles. The summed E-state index contributed by atoms with van der Waals surface area (Å²) in [6, 6.07) is 0. The van der Waals surface area contributed by atoms with Gasteiger partial charge in [0.1, 0.15) is 0 Å². The zero-order valence-electron chi connectivity index (χ0n) is 12.3. The predicted molar refractivity (Wildman–Crippen MR) is 79.6 cm³/mol. The number of nitrogens with zero attached hydrogens (tertiary/aromatic N) is 1. The van der Waals surface area contributed by atoms with Gasteiger partial charge in [-0.2, -0.15) is 11.8 Å². The van der Waals surface area contributed by atoms with E-state index < -0.39 is 0 Å². The first kappa shape index (κ1) is 15.3. The van der Waals surface area contributed by atoms with Crippen LogP contribution in [0, 0.1) is 5.92 Å². The first-order valence-corrected chi connectivity index (χ1v) is 7.87. The Labute approximate surface area is 112 Å². The van der Waals surface area contributed by atoms with E-state index >= 15 is 0 Å². The van der Waals surface area contributed by atoms with Gasteiger partial charge in [0.05, 0.1) is 0 Å². The van der Waals surface area contributed by atoms with Crippen LogP contribution in [-0.4, -0.2) is 40.6 Å². The Morgan fingerprint density at radius 3 is 2.53 bits per heavy atom. The number of hydrogen-bond donors (Lipinski definition) is 1. The molecule has 0 aliphatic carbocycles. The predicted octanol–water partition coefficient (Wildman–Crippen LogP) is 2.97. The number of hydrogen-bond acceptors (Lipinski definition) is 3. The van der Waals surface area contributed by atoms with Crippen molar-refractivity contribution in [3.8, 4) is 0 Å². The summed E-state index contributed by atoms with van der Waals surface area (Å²) in [4.78, 5) is 2.63. The molecule has 3 heteroatoms. The molecule has 1 heterocycles. The fourth-order valence-electron chi connectivity index (χ4n) is 2.78. The van der Waals surface area contributed by atoms with Crippen molar-refractivity contribution in [2.45, 2.75) is 57.7 Å². The molecule has 1 rings (SSSR count). The molecule has 0 aromatic carbocycles. The Balaban J connectivity index is 2.69. The highest BCUT2D eigenvalue weighted by molar-refractivity contribution is 8.00. The Morgan fingerprint density at radius 1 is 1.35 bits per heavy atom. The van der Waals surface area contributed by atoms with E-state index in [1.807, 2.05) is 0 Å². The van der Waals surface area contributed by atoms with Gasteiger partial charge in [-0.3, -0.25) is 4.90 Å². The van der Waals surface area contributed by atoms with Crippen LogP contribution in [0.25, 0.3) is 0 Å². The van der Waals surface area contributed by atoms with Crippen molar-refractivity contribution in [2.24, 2.45) is 11.7 Å².